The third-order valence-corrected chi connectivity index (χ3v) is 3.22. The molecular weight excluding hydrogens is 275 g/mol. The summed E-state index contributed by atoms with van der Waals surface area (Å²) < 4.78 is 52.0. The van der Waals surface area contributed by atoms with Gasteiger partial charge in [0.05, 0.1) is 38.4 Å². The van der Waals surface area contributed by atoms with Crippen LogP contribution in [0.4, 0.5) is 13.2 Å². The van der Waals surface area contributed by atoms with Crippen molar-refractivity contribution in [2.45, 2.75) is 50.6 Å². The normalized spacial score (nSPS) is 26.6. The maximum absolute atomic E-state index is 12.1. The molecule has 1 rings (SSSR count). The van der Waals surface area contributed by atoms with Crippen molar-refractivity contribution in [3.05, 3.63) is 0 Å². The summed E-state index contributed by atoms with van der Waals surface area (Å²) in [7, 11) is 1.58. The lowest BCUT2D eigenvalue weighted by Gasteiger charge is -2.44. The van der Waals surface area contributed by atoms with Crippen molar-refractivity contribution in [3.63, 3.8) is 0 Å². The summed E-state index contributed by atoms with van der Waals surface area (Å²) in [5.74, 6) is 0. The summed E-state index contributed by atoms with van der Waals surface area (Å²) in [6, 6.07) is 0.155. The Bertz CT molecular complexity index is 264. The molecule has 0 aliphatic heterocycles. The van der Waals surface area contributed by atoms with Gasteiger partial charge in [0, 0.05) is 13.2 Å². The minimum absolute atomic E-state index is 0.155. The van der Waals surface area contributed by atoms with Crippen LogP contribution in [0.15, 0.2) is 0 Å². The van der Waals surface area contributed by atoms with E-state index in [1.54, 1.807) is 7.11 Å². The van der Waals surface area contributed by atoms with Gasteiger partial charge >= 0.3 is 6.18 Å². The van der Waals surface area contributed by atoms with Crippen LogP contribution in [0, 0.1) is 0 Å². The molecule has 0 saturated heterocycles. The van der Waals surface area contributed by atoms with Gasteiger partial charge < -0.3 is 19.5 Å². The molecule has 0 aromatic carbocycles. The summed E-state index contributed by atoms with van der Waals surface area (Å²) in [5, 5.41) is 3.31. The zero-order chi connectivity index (χ0) is 15.0. The molecular formula is C13H24F3NO3. The maximum Gasteiger partial charge on any atom is 0.391 e. The number of ether oxygens (including phenoxy) is 3. The first-order valence-electron chi connectivity index (χ1n) is 7.00. The Morgan fingerprint density at radius 1 is 1.15 bits per heavy atom. The van der Waals surface area contributed by atoms with E-state index in [9.17, 15) is 13.2 Å². The quantitative estimate of drug-likeness (QED) is 0.627. The van der Waals surface area contributed by atoms with E-state index in [0.717, 1.165) is 13.0 Å². The fraction of sp³-hybridized carbons (Fsp3) is 1.00. The summed E-state index contributed by atoms with van der Waals surface area (Å²) >= 11 is 0. The smallest absolute Gasteiger partial charge is 0.382 e. The van der Waals surface area contributed by atoms with Gasteiger partial charge in [0.25, 0.3) is 0 Å². The van der Waals surface area contributed by atoms with Crippen LogP contribution in [0.2, 0.25) is 0 Å². The van der Waals surface area contributed by atoms with E-state index in [0.29, 0.717) is 19.6 Å². The van der Waals surface area contributed by atoms with Crippen molar-refractivity contribution in [1.82, 2.24) is 5.32 Å². The average molecular weight is 299 g/mol. The fourth-order valence-corrected chi connectivity index (χ4v) is 2.09. The first kappa shape index (κ1) is 17.7. The SMILES string of the molecule is CCCNC1CC(OCCC(F)(F)F)C1OCCOC. The molecule has 0 radical (unpaired) electrons. The van der Waals surface area contributed by atoms with Crippen LogP contribution < -0.4 is 5.32 Å². The summed E-state index contributed by atoms with van der Waals surface area (Å²) in [6.45, 7) is 3.50. The molecule has 0 bridgehead atoms. The molecule has 0 aromatic heterocycles. The van der Waals surface area contributed by atoms with Crippen LogP contribution in [0.25, 0.3) is 0 Å². The molecule has 20 heavy (non-hydrogen) atoms. The molecule has 0 amide bonds. The Kier molecular flexibility index (Phi) is 7.79. The first-order chi connectivity index (χ1) is 9.48. The maximum atomic E-state index is 12.1. The lowest BCUT2D eigenvalue weighted by Crippen LogP contribution is -2.60. The van der Waals surface area contributed by atoms with E-state index < -0.39 is 12.6 Å². The zero-order valence-electron chi connectivity index (χ0n) is 12.0. The van der Waals surface area contributed by atoms with Gasteiger partial charge in [-0.25, -0.2) is 0 Å². The minimum atomic E-state index is -4.17. The lowest BCUT2D eigenvalue weighted by molar-refractivity contribution is -0.180. The predicted molar refractivity (Wildman–Crippen MR) is 68.7 cm³/mol. The van der Waals surface area contributed by atoms with Gasteiger partial charge in [-0.2, -0.15) is 13.2 Å². The summed E-state index contributed by atoms with van der Waals surface area (Å²) in [4.78, 5) is 0. The van der Waals surface area contributed by atoms with Crippen LogP contribution >= 0.6 is 0 Å². The largest absolute Gasteiger partial charge is 0.391 e. The molecule has 4 nitrogen and oxygen atoms in total. The molecule has 1 fully saturated rings. The van der Waals surface area contributed by atoms with Crippen molar-refractivity contribution in [3.8, 4) is 0 Å². The molecule has 120 valence electrons. The molecule has 0 heterocycles. The molecule has 3 atom stereocenters. The monoisotopic (exact) mass is 299 g/mol. The lowest BCUT2D eigenvalue weighted by atomic mass is 9.85. The van der Waals surface area contributed by atoms with Gasteiger partial charge in [-0.1, -0.05) is 6.92 Å². The van der Waals surface area contributed by atoms with Gasteiger partial charge in [0.2, 0.25) is 0 Å². The second-order valence-electron chi connectivity index (χ2n) is 4.90. The van der Waals surface area contributed by atoms with Gasteiger partial charge in [0.15, 0.2) is 0 Å². The van der Waals surface area contributed by atoms with Crippen LogP contribution in [0.5, 0.6) is 0 Å². The van der Waals surface area contributed by atoms with E-state index in [1.165, 1.54) is 0 Å². The van der Waals surface area contributed by atoms with E-state index in [1.807, 2.05) is 0 Å². The second kappa shape index (κ2) is 8.81. The number of hydrogen-bond donors (Lipinski definition) is 1. The third-order valence-electron chi connectivity index (χ3n) is 3.22. The number of hydrogen-bond acceptors (Lipinski definition) is 4. The van der Waals surface area contributed by atoms with Crippen molar-refractivity contribution < 1.29 is 27.4 Å². The minimum Gasteiger partial charge on any atom is -0.382 e. The summed E-state index contributed by atoms with van der Waals surface area (Å²) in [5.41, 5.74) is 0. The summed E-state index contributed by atoms with van der Waals surface area (Å²) in [6.07, 6.45) is -3.85. The number of alkyl halides is 3. The van der Waals surface area contributed by atoms with Gasteiger partial charge in [-0.3, -0.25) is 0 Å². The molecule has 7 heteroatoms. The second-order valence-corrected chi connectivity index (χ2v) is 4.90. The van der Waals surface area contributed by atoms with Gasteiger partial charge in [-0.15, -0.1) is 0 Å². The zero-order valence-corrected chi connectivity index (χ0v) is 12.0. The topological polar surface area (TPSA) is 39.7 Å². The van der Waals surface area contributed by atoms with Crippen molar-refractivity contribution in [2.75, 3.05) is 33.5 Å². The van der Waals surface area contributed by atoms with Crippen molar-refractivity contribution in [2.24, 2.45) is 0 Å². The van der Waals surface area contributed by atoms with E-state index in [-0.39, 0.29) is 24.9 Å². The molecule has 1 aliphatic rings. The fourth-order valence-electron chi connectivity index (χ4n) is 2.09. The number of halogens is 3. The standard InChI is InChI=1S/C13H24F3NO3/c1-3-5-17-10-9-11(12(10)20-8-7-18-2)19-6-4-13(14,15)16/h10-12,17H,3-9H2,1-2H3. The number of rotatable bonds is 10. The van der Waals surface area contributed by atoms with Gasteiger partial charge in [0.1, 0.15) is 0 Å². The molecule has 0 aromatic rings. The van der Waals surface area contributed by atoms with Crippen LogP contribution in [0.1, 0.15) is 26.2 Å². The highest BCUT2D eigenvalue weighted by Gasteiger charge is 2.42. The molecule has 1 N–H and O–H groups in total. The highest BCUT2D eigenvalue weighted by atomic mass is 19.4. The molecule has 0 spiro atoms. The number of methoxy groups -OCH3 is 1. The first-order valence-corrected chi connectivity index (χ1v) is 7.00. The Balaban J connectivity index is 2.29. The van der Waals surface area contributed by atoms with Crippen LogP contribution in [0.3, 0.4) is 0 Å². The highest BCUT2D eigenvalue weighted by molar-refractivity contribution is 4.97. The Morgan fingerprint density at radius 3 is 2.50 bits per heavy atom. The highest BCUT2D eigenvalue weighted by Crippen LogP contribution is 2.29. The van der Waals surface area contributed by atoms with Crippen LogP contribution in [-0.2, 0) is 14.2 Å². The third kappa shape index (κ3) is 6.39. The molecule has 1 aliphatic carbocycles. The van der Waals surface area contributed by atoms with E-state index in [4.69, 9.17) is 14.2 Å². The molecule has 3 unspecified atom stereocenters. The average Bonchev–Trinajstić information content (AvgIpc) is 2.35. The number of nitrogens with one attached hydrogen (secondary N) is 1. The van der Waals surface area contributed by atoms with Gasteiger partial charge in [-0.05, 0) is 19.4 Å². The van der Waals surface area contributed by atoms with E-state index >= 15 is 0 Å². The predicted octanol–water partition coefficient (Wildman–Crippen LogP) is 2.13. The Morgan fingerprint density at radius 2 is 1.90 bits per heavy atom. The Hall–Kier alpha value is -0.370. The van der Waals surface area contributed by atoms with E-state index in [2.05, 4.69) is 12.2 Å². The van der Waals surface area contributed by atoms with Crippen molar-refractivity contribution >= 4 is 0 Å². The van der Waals surface area contributed by atoms with Crippen molar-refractivity contribution in [1.29, 1.82) is 0 Å². The van der Waals surface area contributed by atoms with Crippen LogP contribution in [-0.4, -0.2) is 57.9 Å². The Labute approximate surface area is 117 Å². The molecule has 1 saturated carbocycles.